The second-order valence-electron chi connectivity index (χ2n) is 6.24. The number of ether oxygens (including phenoxy) is 1. The van der Waals surface area contributed by atoms with Crippen molar-refractivity contribution in [1.82, 2.24) is 5.32 Å². The van der Waals surface area contributed by atoms with Crippen molar-refractivity contribution in [3.8, 4) is 0 Å². The van der Waals surface area contributed by atoms with Gasteiger partial charge in [-0.25, -0.2) is 4.79 Å². The maximum atomic E-state index is 11.8. The van der Waals surface area contributed by atoms with Gasteiger partial charge in [-0.2, -0.15) is 0 Å². The molecule has 0 heterocycles. The van der Waals surface area contributed by atoms with E-state index in [0.717, 1.165) is 12.8 Å². The zero-order valence-corrected chi connectivity index (χ0v) is 12.0. The lowest BCUT2D eigenvalue weighted by Gasteiger charge is -2.28. The van der Waals surface area contributed by atoms with E-state index in [2.05, 4.69) is 5.32 Å². The summed E-state index contributed by atoms with van der Waals surface area (Å²) in [6.45, 7) is 6.10. The number of rotatable bonds is 3. The number of carbonyl (C=O) groups is 1. The number of alkyl carbamates (subject to hydrolysis) is 1. The lowest BCUT2D eigenvalue weighted by Crippen LogP contribution is -2.47. The van der Waals surface area contributed by atoms with Crippen molar-refractivity contribution >= 4 is 6.09 Å². The Morgan fingerprint density at radius 3 is 2.28 bits per heavy atom. The van der Waals surface area contributed by atoms with Crippen LogP contribution in [0.3, 0.4) is 0 Å². The molecule has 0 spiro atoms. The van der Waals surface area contributed by atoms with Gasteiger partial charge in [0.25, 0.3) is 0 Å². The molecule has 1 aliphatic carbocycles. The van der Waals surface area contributed by atoms with Gasteiger partial charge < -0.3 is 15.8 Å². The minimum Gasteiger partial charge on any atom is -0.444 e. The van der Waals surface area contributed by atoms with Gasteiger partial charge in [0.1, 0.15) is 5.60 Å². The fourth-order valence-electron chi connectivity index (χ4n) is 2.54. The van der Waals surface area contributed by atoms with Gasteiger partial charge in [0, 0.05) is 12.6 Å². The van der Waals surface area contributed by atoms with Gasteiger partial charge in [-0.1, -0.05) is 25.7 Å². The van der Waals surface area contributed by atoms with Crippen LogP contribution in [0.25, 0.3) is 0 Å². The van der Waals surface area contributed by atoms with Gasteiger partial charge in [-0.15, -0.1) is 0 Å². The van der Waals surface area contributed by atoms with Gasteiger partial charge in [0.15, 0.2) is 0 Å². The molecule has 18 heavy (non-hydrogen) atoms. The van der Waals surface area contributed by atoms with Crippen LogP contribution in [-0.4, -0.2) is 24.3 Å². The Balaban J connectivity index is 2.47. The summed E-state index contributed by atoms with van der Waals surface area (Å²) in [4.78, 5) is 11.8. The Labute approximate surface area is 111 Å². The topological polar surface area (TPSA) is 64.3 Å². The second kappa shape index (κ2) is 6.98. The highest BCUT2D eigenvalue weighted by Crippen LogP contribution is 2.25. The summed E-state index contributed by atoms with van der Waals surface area (Å²) in [6.07, 6.45) is 7.09. The first-order valence-corrected chi connectivity index (χ1v) is 7.12. The molecular formula is C14H28N2O2. The van der Waals surface area contributed by atoms with E-state index in [1.54, 1.807) is 0 Å². The summed E-state index contributed by atoms with van der Waals surface area (Å²) in [6, 6.07) is 0.0537. The molecule has 0 aliphatic heterocycles. The number of hydrogen-bond acceptors (Lipinski definition) is 3. The van der Waals surface area contributed by atoms with Gasteiger partial charge in [0.2, 0.25) is 0 Å². The van der Waals surface area contributed by atoms with E-state index in [4.69, 9.17) is 10.5 Å². The van der Waals surface area contributed by atoms with Crippen molar-refractivity contribution < 1.29 is 9.53 Å². The van der Waals surface area contributed by atoms with Crippen LogP contribution in [0.4, 0.5) is 4.79 Å². The van der Waals surface area contributed by atoms with Crippen molar-refractivity contribution in [3.63, 3.8) is 0 Å². The van der Waals surface area contributed by atoms with Crippen LogP contribution in [0.5, 0.6) is 0 Å². The largest absolute Gasteiger partial charge is 0.444 e. The van der Waals surface area contributed by atoms with Crippen LogP contribution in [0, 0.1) is 5.92 Å². The molecule has 4 nitrogen and oxygen atoms in total. The second-order valence-corrected chi connectivity index (χ2v) is 6.24. The predicted octanol–water partition coefficient (Wildman–Crippen LogP) is 2.81. The maximum Gasteiger partial charge on any atom is 0.407 e. The van der Waals surface area contributed by atoms with E-state index >= 15 is 0 Å². The lowest BCUT2D eigenvalue weighted by atomic mass is 9.92. The van der Waals surface area contributed by atoms with Gasteiger partial charge in [0.05, 0.1) is 0 Å². The Morgan fingerprint density at radius 2 is 1.83 bits per heavy atom. The molecule has 4 heteroatoms. The molecule has 0 radical (unpaired) electrons. The molecule has 1 amide bonds. The van der Waals surface area contributed by atoms with Crippen LogP contribution in [0.1, 0.15) is 59.3 Å². The molecule has 1 rings (SSSR count). The normalized spacial score (nSPS) is 20.0. The van der Waals surface area contributed by atoms with Crippen LogP contribution >= 0.6 is 0 Å². The van der Waals surface area contributed by atoms with Crippen LogP contribution in [-0.2, 0) is 4.74 Å². The molecule has 0 aromatic rings. The van der Waals surface area contributed by atoms with Crippen molar-refractivity contribution in [2.75, 3.05) is 6.54 Å². The monoisotopic (exact) mass is 256 g/mol. The first-order valence-electron chi connectivity index (χ1n) is 7.12. The highest BCUT2D eigenvalue weighted by molar-refractivity contribution is 5.68. The van der Waals surface area contributed by atoms with Crippen molar-refractivity contribution in [3.05, 3.63) is 0 Å². The minimum atomic E-state index is -0.452. The molecule has 1 saturated carbocycles. The van der Waals surface area contributed by atoms with E-state index in [0.29, 0.717) is 12.5 Å². The smallest absolute Gasteiger partial charge is 0.407 e. The molecular weight excluding hydrogens is 228 g/mol. The zero-order valence-electron chi connectivity index (χ0n) is 12.0. The van der Waals surface area contributed by atoms with E-state index < -0.39 is 5.60 Å². The molecule has 1 fully saturated rings. The molecule has 1 atom stereocenters. The van der Waals surface area contributed by atoms with Crippen molar-refractivity contribution in [2.24, 2.45) is 11.7 Å². The van der Waals surface area contributed by atoms with Gasteiger partial charge in [-0.3, -0.25) is 0 Å². The number of nitrogens with two attached hydrogens (primary N) is 1. The summed E-state index contributed by atoms with van der Waals surface area (Å²) in [5.74, 6) is 0.505. The quantitative estimate of drug-likeness (QED) is 0.763. The number of carbonyl (C=O) groups excluding carboxylic acids is 1. The van der Waals surface area contributed by atoms with Gasteiger partial charge in [-0.05, 0) is 39.5 Å². The standard InChI is InChI=1S/C14H28N2O2/c1-14(2,3)18-13(17)16-12(10-15)11-8-6-4-5-7-9-11/h11-12H,4-10,15H2,1-3H3,(H,16,17). The third kappa shape index (κ3) is 5.71. The molecule has 0 saturated heterocycles. The summed E-state index contributed by atoms with van der Waals surface area (Å²) >= 11 is 0. The summed E-state index contributed by atoms with van der Waals surface area (Å²) < 4.78 is 5.29. The predicted molar refractivity (Wildman–Crippen MR) is 73.4 cm³/mol. The van der Waals surface area contributed by atoms with E-state index in [1.165, 1.54) is 25.7 Å². The fraction of sp³-hybridized carbons (Fsp3) is 0.929. The molecule has 0 aromatic carbocycles. The minimum absolute atomic E-state index is 0.0537. The average Bonchev–Trinajstić information content (AvgIpc) is 2.51. The SMILES string of the molecule is CC(C)(C)OC(=O)NC(CN)C1CCCCCC1. The molecule has 106 valence electrons. The average molecular weight is 256 g/mol. The molecule has 1 aliphatic rings. The third-order valence-electron chi connectivity index (χ3n) is 3.42. The van der Waals surface area contributed by atoms with Crippen LogP contribution in [0.15, 0.2) is 0 Å². The first kappa shape index (κ1) is 15.3. The number of amides is 1. The highest BCUT2D eigenvalue weighted by atomic mass is 16.6. The summed E-state index contributed by atoms with van der Waals surface area (Å²) in [7, 11) is 0. The maximum absolute atomic E-state index is 11.8. The molecule has 3 N–H and O–H groups in total. The van der Waals surface area contributed by atoms with Crippen LogP contribution < -0.4 is 11.1 Å². The Bertz CT molecular complexity index is 253. The first-order chi connectivity index (χ1) is 8.42. The zero-order chi connectivity index (χ0) is 13.6. The summed E-state index contributed by atoms with van der Waals surface area (Å²) in [5, 5.41) is 2.93. The van der Waals surface area contributed by atoms with Crippen molar-refractivity contribution in [1.29, 1.82) is 0 Å². The summed E-state index contributed by atoms with van der Waals surface area (Å²) in [5.41, 5.74) is 5.34. The Hall–Kier alpha value is -0.770. The fourth-order valence-corrected chi connectivity index (χ4v) is 2.54. The van der Waals surface area contributed by atoms with E-state index in [-0.39, 0.29) is 12.1 Å². The number of nitrogens with one attached hydrogen (secondary N) is 1. The van der Waals surface area contributed by atoms with Crippen LogP contribution in [0.2, 0.25) is 0 Å². The Kier molecular flexibility index (Phi) is 5.93. The lowest BCUT2D eigenvalue weighted by molar-refractivity contribution is 0.0485. The molecule has 0 aromatic heterocycles. The van der Waals surface area contributed by atoms with Gasteiger partial charge >= 0.3 is 6.09 Å². The molecule has 1 unspecified atom stereocenters. The third-order valence-corrected chi connectivity index (χ3v) is 3.42. The van der Waals surface area contributed by atoms with E-state index in [9.17, 15) is 4.79 Å². The van der Waals surface area contributed by atoms with Crippen molar-refractivity contribution in [2.45, 2.75) is 70.9 Å². The Morgan fingerprint density at radius 1 is 1.28 bits per heavy atom. The highest BCUT2D eigenvalue weighted by Gasteiger charge is 2.25. The number of hydrogen-bond donors (Lipinski definition) is 2. The van der Waals surface area contributed by atoms with E-state index in [1.807, 2.05) is 20.8 Å². The molecule has 0 bridgehead atoms.